The molecular weight excluding hydrogens is 336 g/mol. The third-order valence-corrected chi connectivity index (χ3v) is 4.71. The van der Waals surface area contributed by atoms with E-state index in [-0.39, 0.29) is 17.9 Å². The van der Waals surface area contributed by atoms with Gasteiger partial charge >= 0.3 is 5.97 Å². The van der Waals surface area contributed by atoms with Crippen LogP contribution < -0.4 is 10.5 Å². The number of carbonyl (C=O) groups is 1. The van der Waals surface area contributed by atoms with Crippen molar-refractivity contribution in [2.75, 3.05) is 12.3 Å². The van der Waals surface area contributed by atoms with E-state index >= 15 is 0 Å². The molecule has 3 atom stereocenters. The quantitative estimate of drug-likeness (QED) is 0.714. The van der Waals surface area contributed by atoms with Crippen LogP contribution in [0.5, 0.6) is 5.75 Å². The average molecular weight is 360 g/mol. The molecule has 26 heavy (non-hydrogen) atoms. The number of hydrogen-bond donors (Lipinski definition) is 3. The van der Waals surface area contributed by atoms with Gasteiger partial charge in [-0.2, -0.15) is 0 Å². The summed E-state index contributed by atoms with van der Waals surface area (Å²) in [6.07, 6.45) is -0.393. The smallest absolute Gasteiger partial charge is 0.342 e. The number of nitrogens with zero attached hydrogens (tertiary/aromatic N) is 1. The number of aryl methyl sites for hydroxylation is 1. The third-order valence-electron chi connectivity index (χ3n) is 4.71. The topological polar surface area (TPSA) is 115 Å². The number of nitrogens with two attached hydrogens (primary N) is 1. The minimum absolute atomic E-state index is 0.222. The largest absolute Gasteiger partial charge is 0.487 e. The average Bonchev–Trinajstić information content (AvgIpc) is 2.59. The molecule has 0 aliphatic heterocycles. The maximum absolute atomic E-state index is 12.3. The van der Waals surface area contributed by atoms with Gasteiger partial charge in [-0.15, -0.1) is 0 Å². The number of rotatable bonds is 4. The monoisotopic (exact) mass is 360 g/mol. The lowest BCUT2D eigenvalue weighted by atomic mass is 9.92. The molecule has 3 unspecified atom stereocenters. The van der Waals surface area contributed by atoms with Crippen molar-refractivity contribution in [1.29, 1.82) is 0 Å². The number of aliphatic hydroxyl groups excluding tert-OH is 2. The fourth-order valence-corrected chi connectivity index (χ4v) is 3.41. The Hall–Kier alpha value is -2.38. The van der Waals surface area contributed by atoms with E-state index in [1.54, 1.807) is 32.0 Å². The first kappa shape index (κ1) is 18.4. The molecule has 1 aliphatic carbocycles. The molecule has 1 saturated carbocycles. The number of aliphatic hydroxyl groups is 2. The van der Waals surface area contributed by atoms with Crippen LogP contribution in [-0.2, 0) is 4.74 Å². The van der Waals surface area contributed by atoms with Gasteiger partial charge in [0.1, 0.15) is 23.5 Å². The van der Waals surface area contributed by atoms with Gasteiger partial charge in [0.05, 0.1) is 35.0 Å². The summed E-state index contributed by atoms with van der Waals surface area (Å²) in [5, 5.41) is 20.6. The summed E-state index contributed by atoms with van der Waals surface area (Å²) >= 11 is 0. The van der Waals surface area contributed by atoms with Gasteiger partial charge in [-0.25, -0.2) is 4.79 Å². The molecule has 0 radical (unpaired) electrons. The molecule has 1 heterocycles. The van der Waals surface area contributed by atoms with Gasteiger partial charge in [-0.05, 0) is 45.2 Å². The first-order chi connectivity index (χ1) is 12.4. The van der Waals surface area contributed by atoms with Gasteiger partial charge < -0.3 is 25.4 Å². The van der Waals surface area contributed by atoms with Gasteiger partial charge in [-0.1, -0.05) is 6.07 Å². The molecular formula is C19H24N2O5. The van der Waals surface area contributed by atoms with Crippen molar-refractivity contribution in [3.05, 3.63) is 29.5 Å². The number of benzene rings is 1. The second-order valence-corrected chi connectivity index (χ2v) is 6.50. The summed E-state index contributed by atoms with van der Waals surface area (Å²) < 4.78 is 11.1. The van der Waals surface area contributed by atoms with Crippen LogP contribution in [0.3, 0.4) is 0 Å². The Balaban J connectivity index is 2.06. The van der Waals surface area contributed by atoms with E-state index in [2.05, 4.69) is 4.98 Å². The highest BCUT2D eigenvalue weighted by Gasteiger charge is 2.32. The number of ether oxygens (including phenoxy) is 2. The predicted molar refractivity (Wildman–Crippen MR) is 97.1 cm³/mol. The lowest BCUT2D eigenvalue weighted by Gasteiger charge is -2.32. The van der Waals surface area contributed by atoms with Crippen LogP contribution in [0, 0.1) is 6.92 Å². The number of fused-ring (bicyclic) bond motifs is 1. The van der Waals surface area contributed by atoms with Crippen molar-refractivity contribution in [3.8, 4) is 5.75 Å². The Kier molecular flexibility index (Phi) is 5.29. The van der Waals surface area contributed by atoms with Crippen LogP contribution in [0.25, 0.3) is 10.9 Å². The summed E-state index contributed by atoms with van der Waals surface area (Å²) in [6.45, 7) is 3.67. The minimum Gasteiger partial charge on any atom is -0.487 e. The van der Waals surface area contributed by atoms with Crippen molar-refractivity contribution in [2.24, 2.45) is 0 Å². The van der Waals surface area contributed by atoms with Gasteiger partial charge in [0.15, 0.2) is 0 Å². The zero-order valence-corrected chi connectivity index (χ0v) is 14.9. The minimum atomic E-state index is -0.969. The van der Waals surface area contributed by atoms with Crippen LogP contribution in [0.4, 0.5) is 5.69 Å². The number of aromatic nitrogens is 1. The van der Waals surface area contributed by atoms with E-state index in [0.29, 0.717) is 35.2 Å². The number of pyridine rings is 1. The molecule has 1 fully saturated rings. The highest BCUT2D eigenvalue weighted by Crippen LogP contribution is 2.35. The van der Waals surface area contributed by atoms with Crippen LogP contribution in [-0.4, -0.2) is 46.1 Å². The SMILES string of the molecule is CCOC(=O)c1c(C)nc2cccc(OC3CCCC(O)C3O)c2c1N. The maximum Gasteiger partial charge on any atom is 0.342 e. The van der Waals surface area contributed by atoms with Crippen LogP contribution >= 0.6 is 0 Å². The lowest BCUT2D eigenvalue weighted by molar-refractivity contribution is -0.0741. The molecule has 1 aromatic heterocycles. The highest BCUT2D eigenvalue weighted by atomic mass is 16.5. The molecule has 140 valence electrons. The molecule has 1 aromatic carbocycles. The second-order valence-electron chi connectivity index (χ2n) is 6.50. The molecule has 4 N–H and O–H groups in total. The molecule has 7 nitrogen and oxygen atoms in total. The molecule has 0 amide bonds. The van der Waals surface area contributed by atoms with Crippen molar-refractivity contribution in [1.82, 2.24) is 4.98 Å². The summed E-state index contributed by atoms with van der Waals surface area (Å²) in [6, 6.07) is 5.28. The Labute approximate surface area is 151 Å². The standard InChI is InChI=1S/C19H24N2O5/c1-3-25-19(24)15-10(2)21-11-6-4-8-13(16(11)17(15)20)26-14-9-5-7-12(22)18(14)23/h4,6,8,12,14,18,22-23H,3,5,7,9H2,1-2H3,(H2,20,21). The fourth-order valence-electron chi connectivity index (χ4n) is 3.41. The number of carbonyl (C=O) groups excluding carboxylic acids is 1. The Morgan fingerprint density at radius 2 is 2.12 bits per heavy atom. The van der Waals surface area contributed by atoms with Crippen molar-refractivity contribution < 1.29 is 24.5 Å². The van der Waals surface area contributed by atoms with E-state index in [4.69, 9.17) is 15.2 Å². The van der Waals surface area contributed by atoms with Gasteiger partial charge in [0.2, 0.25) is 0 Å². The zero-order valence-electron chi connectivity index (χ0n) is 14.9. The van der Waals surface area contributed by atoms with Crippen LogP contribution in [0.2, 0.25) is 0 Å². The van der Waals surface area contributed by atoms with E-state index in [9.17, 15) is 15.0 Å². The lowest BCUT2D eigenvalue weighted by Crippen LogP contribution is -2.44. The van der Waals surface area contributed by atoms with E-state index in [0.717, 1.165) is 6.42 Å². The molecule has 0 saturated heterocycles. The first-order valence-electron chi connectivity index (χ1n) is 8.82. The summed E-state index contributed by atoms with van der Waals surface area (Å²) in [5.74, 6) is -0.101. The van der Waals surface area contributed by atoms with Crippen molar-refractivity contribution >= 4 is 22.6 Å². The Morgan fingerprint density at radius 1 is 1.35 bits per heavy atom. The van der Waals surface area contributed by atoms with E-state index in [1.807, 2.05) is 0 Å². The molecule has 0 bridgehead atoms. The maximum atomic E-state index is 12.3. The molecule has 1 aliphatic rings. The van der Waals surface area contributed by atoms with E-state index < -0.39 is 24.3 Å². The first-order valence-corrected chi connectivity index (χ1v) is 8.82. The summed E-state index contributed by atoms with van der Waals surface area (Å²) in [5.41, 5.74) is 7.83. The molecule has 0 spiro atoms. The van der Waals surface area contributed by atoms with Crippen LogP contribution in [0.1, 0.15) is 42.2 Å². The van der Waals surface area contributed by atoms with Crippen molar-refractivity contribution in [3.63, 3.8) is 0 Å². The number of anilines is 1. The molecule has 7 heteroatoms. The molecule has 2 aromatic rings. The van der Waals surface area contributed by atoms with Gasteiger partial charge in [0, 0.05) is 0 Å². The Morgan fingerprint density at radius 3 is 2.85 bits per heavy atom. The van der Waals surface area contributed by atoms with Gasteiger partial charge in [0.25, 0.3) is 0 Å². The van der Waals surface area contributed by atoms with Crippen molar-refractivity contribution in [2.45, 2.75) is 51.4 Å². The molecule has 3 rings (SSSR count). The van der Waals surface area contributed by atoms with Crippen LogP contribution in [0.15, 0.2) is 18.2 Å². The van der Waals surface area contributed by atoms with Gasteiger partial charge in [-0.3, -0.25) is 4.98 Å². The third kappa shape index (κ3) is 3.32. The normalized spacial score (nSPS) is 23.0. The number of esters is 1. The second kappa shape index (κ2) is 7.47. The Bertz CT molecular complexity index is 823. The highest BCUT2D eigenvalue weighted by molar-refractivity contribution is 6.07. The number of hydrogen-bond acceptors (Lipinski definition) is 7. The zero-order chi connectivity index (χ0) is 18.8. The fraction of sp³-hybridized carbons (Fsp3) is 0.474. The summed E-state index contributed by atoms with van der Waals surface area (Å²) in [4.78, 5) is 16.7. The van der Waals surface area contributed by atoms with E-state index in [1.165, 1.54) is 0 Å². The number of nitrogen functional groups attached to an aromatic ring is 1. The predicted octanol–water partition coefficient (Wildman–Crippen LogP) is 1.96. The summed E-state index contributed by atoms with van der Waals surface area (Å²) in [7, 11) is 0.